The number of rotatable bonds is 3. The predicted molar refractivity (Wildman–Crippen MR) is 69.6 cm³/mol. The fourth-order valence-corrected chi connectivity index (χ4v) is 1.98. The largest absolute Gasteiger partial charge is 0.495 e. The van der Waals surface area contributed by atoms with E-state index in [0.717, 1.165) is 0 Å². The van der Waals surface area contributed by atoms with Crippen molar-refractivity contribution < 1.29 is 18.8 Å². The molecule has 0 saturated heterocycles. The maximum absolute atomic E-state index is 11.7. The van der Waals surface area contributed by atoms with E-state index < -0.39 is 5.97 Å². The molecule has 0 bridgehead atoms. The number of nitrogens with zero attached hydrogens (tertiary/aromatic N) is 1. The summed E-state index contributed by atoms with van der Waals surface area (Å²) < 4.78 is 14.8. The highest BCUT2D eigenvalue weighted by Gasteiger charge is 2.22. The molecule has 0 saturated carbocycles. The summed E-state index contributed by atoms with van der Waals surface area (Å²) in [5, 5.41) is 4.30. The number of halogens is 1. The van der Waals surface area contributed by atoms with Gasteiger partial charge in [0.15, 0.2) is 0 Å². The molecule has 6 heteroatoms. The summed E-state index contributed by atoms with van der Waals surface area (Å²) in [6, 6.07) is 5.10. The number of benzene rings is 1. The molecular weight excluding hydrogens is 270 g/mol. The molecule has 0 amide bonds. The number of methoxy groups -OCH3 is 2. The topological polar surface area (TPSA) is 61.6 Å². The van der Waals surface area contributed by atoms with E-state index in [2.05, 4.69) is 5.16 Å². The van der Waals surface area contributed by atoms with Gasteiger partial charge in [-0.25, -0.2) is 4.79 Å². The summed E-state index contributed by atoms with van der Waals surface area (Å²) in [4.78, 5) is 11.7. The lowest BCUT2D eigenvalue weighted by atomic mass is 10.1. The van der Waals surface area contributed by atoms with Crippen LogP contribution in [0.4, 0.5) is 0 Å². The number of carbonyl (C=O) groups excluding carboxylic acids is 1. The number of aryl methyl sites for hydroxylation is 1. The Balaban J connectivity index is 2.53. The van der Waals surface area contributed by atoms with Crippen molar-refractivity contribution in [3.05, 3.63) is 34.5 Å². The van der Waals surface area contributed by atoms with Gasteiger partial charge in [-0.3, -0.25) is 0 Å². The van der Waals surface area contributed by atoms with E-state index in [1.165, 1.54) is 14.2 Å². The van der Waals surface area contributed by atoms with Gasteiger partial charge in [0.25, 0.3) is 0 Å². The molecule has 1 aromatic carbocycles. The van der Waals surface area contributed by atoms with E-state index in [0.29, 0.717) is 33.4 Å². The quantitative estimate of drug-likeness (QED) is 0.809. The Bertz CT molecular complexity index is 621. The minimum atomic E-state index is -0.499. The van der Waals surface area contributed by atoms with Crippen LogP contribution in [0.25, 0.3) is 11.3 Å². The Labute approximate surface area is 115 Å². The van der Waals surface area contributed by atoms with Gasteiger partial charge in [0, 0.05) is 5.56 Å². The number of esters is 1. The van der Waals surface area contributed by atoms with Gasteiger partial charge in [-0.1, -0.05) is 16.8 Å². The summed E-state index contributed by atoms with van der Waals surface area (Å²) >= 11 is 6.05. The molecule has 0 fully saturated rings. The molecule has 1 aromatic heterocycles. The molecule has 0 radical (unpaired) electrons. The number of aromatic nitrogens is 1. The lowest BCUT2D eigenvalue weighted by molar-refractivity contribution is 0.0599. The van der Waals surface area contributed by atoms with Crippen molar-refractivity contribution in [3.8, 4) is 17.0 Å². The van der Waals surface area contributed by atoms with Crippen LogP contribution in [-0.2, 0) is 4.74 Å². The van der Waals surface area contributed by atoms with Gasteiger partial charge in [0.1, 0.15) is 22.8 Å². The van der Waals surface area contributed by atoms with E-state index >= 15 is 0 Å². The fraction of sp³-hybridized carbons (Fsp3) is 0.231. The molecule has 1 heterocycles. The van der Waals surface area contributed by atoms with E-state index in [9.17, 15) is 4.79 Å². The summed E-state index contributed by atoms with van der Waals surface area (Å²) in [5.74, 6) is 0.444. The first kappa shape index (κ1) is 13.4. The second kappa shape index (κ2) is 5.32. The molecule has 2 rings (SSSR count). The zero-order chi connectivity index (χ0) is 14.0. The third-order valence-electron chi connectivity index (χ3n) is 2.68. The van der Waals surface area contributed by atoms with Crippen LogP contribution in [0.1, 0.15) is 16.1 Å². The number of ether oxygens (including phenoxy) is 2. The van der Waals surface area contributed by atoms with E-state index in [1.807, 2.05) is 0 Å². The second-order valence-electron chi connectivity index (χ2n) is 3.80. The van der Waals surface area contributed by atoms with E-state index in [4.69, 9.17) is 25.6 Å². The molecule has 0 aliphatic carbocycles. The Morgan fingerprint density at radius 1 is 1.37 bits per heavy atom. The van der Waals surface area contributed by atoms with Gasteiger partial charge < -0.3 is 14.0 Å². The normalized spacial score (nSPS) is 10.3. The molecule has 19 heavy (non-hydrogen) atoms. The zero-order valence-corrected chi connectivity index (χ0v) is 11.4. The van der Waals surface area contributed by atoms with Crippen molar-refractivity contribution in [1.29, 1.82) is 0 Å². The Kier molecular flexibility index (Phi) is 3.76. The molecule has 0 unspecified atom stereocenters. The summed E-state index contributed by atoms with van der Waals surface area (Å²) in [7, 11) is 2.83. The van der Waals surface area contributed by atoms with Crippen LogP contribution in [0.5, 0.6) is 5.75 Å². The first-order chi connectivity index (χ1) is 9.08. The molecule has 2 aromatic rings. The van der Waals surface area contributed by atoms with Gasteiger partial charge in [-0.15, -0.1) is 0 Å². The van der Waals surface area contributed by atoms with Gasteiger partial charge >= 0.3 is 5.97 Å². The first-order valence-electron chi connectivity index (χ1n) is 5.47. The highest BCUT2D eigenvalue weighted by atomic mass is 35.5. The van der Waals surface area contributed by atoms with Gasteiger partial charge in [-0.05, 0) is 25.1 Å². The van der Waals surface area contributed by atoms with E-state index in [-0.39, 0.29) is 0 Å². The average molecular weight is 282 g/mol. The zero-order valence-electron chi connectivity index (χ0n) is 10.7. The first-order valence-corrected chi connectivity index (χ1v) is 5.84. The fourth-order valence-electron chi connectivity index (χ4n) is 1.73. The van der Waals surface area contributed by atoms with Crippen LogP contribution in [0, 0.1) is 6.92 Å². The van der Waals surface area contributed by atoms with E-state index in [1.54, 1.807) is 25.1 Å². The number of hydrogen-bond donors (Lipinski definition) is 0. The molecule has 0 aliphatic heterocycles. The van der Waals surface area contributed by atoms with Crippen LogP contribution in [0.2, 0.25) is 5.02 Å². The monoisotopic (exact) mass is 281 g/mol. The van der Waals surface area contributed by atoms with Crippen molar-refractivity contribution >= 4 is 17.6 Å². The molecular formula is C13H12ClNO4. The molecule has 0 atom stereocenters. The predicted octanol–water partition coefficient (Wildman–Crippen LogP) is 3.10. The Morgan fingerprint density at radius 2 is 2.11 bits per heavy atom. The Hall–Kier alpha value is -2.01. The SMILES string of the molecule is COC(=O)c1c(-c2ccc(OC)c(Cl)c2)noc1C. The summed E-state index contributed by atoms with van der Waals surface area (Å²) in [5.41, 5.74) is 1.35. The molecule has 0 spiro atoms. The van der Waals surface area contributed by atoms with Gasteiger partial charge in [0.05, 0.1) is 19.2 Å². The lowest BCUT2D eigenvalue weighted by Crippen LogP contribution is -2.03. The average Bonchev–Trinajstić information content (AvgIpc) is 2.79. The van der Waals surface area contributed by atoms with Crippen molar-refractivity contribution in [2.24, 2.45) is 0 Å². The van der Waals surface area contributed by atoms with Crippen molar-refractivity contribution in [1.82, 2.24) is 5.16 Å². The third-order valence-corrected chi connectivity index (χ3v) is 2.97. The third kappa shape index (κ3) is 2.42. The maximum Gasteiger partial charge on any atom is 0.343 e. The van der Waals surface area contributed by atoms with Crippen LogP contribution in [0.15, 0.2) is 22.7 Å². The van der Waals surface area contributed by atoms with Gasteiger partial charge in [-0.2, -0.15) is 0 Å². The standard InChI is InChI=1S/C13H12ClNO4/c1-7-11(13(16)18-3)12(15-19-7)8-4-5-10(17-2)9(14)6-8/h4-6H,1-3H3. The van der Waals surface area contributed by atoms with Crippen LogP contribution < -0.4 is 4.74 Å². The van der Waals surface area contributed by atoms with Gasteiger partial charge in [0.2, 0.25) is 0 Å². The minimum Gasteiger partial charge on any atom is -0.495 e. The molecule has 100 valence electrons. The smallest absolute Gasteiger partial charge is 0.343 e. The summed E-state index contributed by atoms with van der Waals surface area (Å²) in [6.07, 6.45) is 0. The molecule has 0 N–H and O–H groups in total. The summed E-state index contributed by atoms with van der Waals surface area (Å²) in [6.45, 7) is 1.65. The number of hydrogen-bond acceptors (Lipinski definition) is 5. The second-order valence-corrected chi connectivity index (χ2v) is 4.21. The molecule has 0 aliphatic rings. The van der Waals surface area contributed by atoms with Crippen molar-refractivity contribution in [2.45, 2.75) is 6.92 Å². The lowest BCUT2D eigenvalue weighted by Gasteiger charge is -2.05. The van der Waals surface area contributed by atoms with Crippen molar-refractivity contribution in [3.63, 3.8) is 0 Å². The highest BCUT2D eigenvalue weighted by Crippen LogP contribution is 2.32. The van der Waals surface area contributed by atoms with Crippen molar-refractivity contribution in [2.75, 3.05) is 14.2 Å². The van der Waals surface area contributed by atoms with Crippen LogP contribution >= 0.6 is 11.6 Å². The number of carbonyl (C=O) groups is 1. The Morgan fingerprint density at radius 3 is 2.68 bits per heavy atom. The van der Waals surface area contributed by atoms with Crippen LogP contribution in [0.3, 0.4) is 0 Å². The minimum absolute atomic E-state index is 0.295. The molecule has 5 nitrogen and oxygen atoms in total. The highest BCUT2D eigenvalue weighted by molar-refractivity contribution is 6.32. The van der Waals surface area contributed by atoms with Crippen LogP contribution in [-0.4, -0.2) is 25.3 Å². The maximum atomic E-state index is 11.7.